The molecule has 0 spiro atoms. The summed E-state index contributed by atoms with van der Waals surface area (Å²) in [6.45, 7) is 1.88. The molecule has 0 radical (unpaired) electrons. The molecule has 0 bridgehead atoms. The number of amides is 1. The zero-order valence-electron chi connectivity index (χ0n) is 15.0. The molecule has 3 rings (SSSR count). The average molecular weight is 385 g/mol. The minimum atomic E-state index is -4.41. The smallest absolute Gasteiger partial charge is 0.345 e. The second-order valence-corrected chi connectivity index (χ2v) is 6.24. The van der Waals surface area contributed by atoms with Crippen molar-refractivity contribution in [2.75, 3.05) is 5.32 Å². The summed E-state index contributed by atoms with van der Waals surface area (Å²) < 4.78 is 38.4. The van der Waals surface area contributed by atoms with Crippen molar-refractivity contribution in [2.45, 2.75) is 19.1 Å². The van der Waals surface area contributed by atoms with E-state index >= 15 is 0 Å². The van der Waals surface area contributed by atoms with Gasteiger partial charge in [0.1, 0.15) is 5.82 Å². The molecule has 0 fully saturated rings. The second-order valence-electron chi connectivity index (χ2n) is 6.24. The van der Waals surface area contributed by atoms with Crippen molar-refractivity contribution in [3.8, 4) is 0 Å². The predicted molar refractivity (Wildman–Crippen MR) is 101 cm³/mol. The van der Waals surface area contributed by atoms with Gasteiger partial charge in [-0.05, 0) is 42.8 Å². The highest BCUT2D eigenvalue weighted by Crippen LogP contribution is 2.31. The third-order valence-corrected chi connectivity index (χ3v) is 4.14. The topological polar surface area (TPSA) is 54.0 Å². The van der Waals surface area contributed by atoms with E-state index in [0.717, 1.165) is 17.7 Å². The van der Waals surface area contributed by atoms with Crippen molar-refractivity contribution >= 4 is 17.4 Å². The minimum Gasteiger partial charge on any atom is -0.345 e. The van der Waals surface area contributed by atoms with Gasteiger partial charge in [0, 0.05) is 11.9 Å². The first kappa shape index (κ1) is 19.4. The summed E-state index contributed by atoms with van der Waals surface area (Å²) in [7, 11) is 0. The first-order chi connectivity index (χ1) is 13.3. The Morgan fingerprint density at radius 2 is 1.75 bits per heavy atom. The fraction of sp³-hybridized carbons (Fsp3) is 0.143. The molecule has 144 valence electrons. The molecule has 0 saturated carbocycles. The molecular weight excluding hydrogens is 367 g/mol. The Kier molecular flexibility index (Phi) is 5.63. The van der Waals surface area contributed by atoms with Gasteiger partial charge in [-0.15, -0.1) is 0 Å². The molecule has 1 unspecified atom stereocenters. The van der Waals surface area contributed by atoms with Crippen LogP contribution < -0.4 is 10.6 Å². The highest BCUT2D eigenvalue weighted by Gasteiger charge is 2.30. The highest BCUT2D eigenvalue weighted by molar-refractivity contribution is 5.94. The number of hydrogen-bond donors (Lipinski definition) is 2. The molecule has 0 aliphatic heterocycles. The van der Waals surface area contributed by atoms with Gasteiger partial charge >= 0.3 is 6.18 Å². The number of nitrogens with zero attached hydrogens (tertiary/aromatic N) is 1. The molecule has 0 saturated heterocycles. The van der Waals surface area contributed by atoms with E-state index in [1.807, 2.05) is 37.3 Å². The number of carbonyl (C=O) groups excluding carboxylic acids is 1. The highest BCUT2D eigenvalue weighted by atomic mass is 19.4. The third kappa shape index (κ3) is 4.88. The summed E-state index contributed by atoms with van der Waals surface area (Å²) in [6.07, 6.45) is -3.04. The van der Waals surface area contributed by atoms with Crippen molar-refractivity contribution in [1.82, 2.24) is 10.3 Å². The number of nitrogens with one attached hydrogen (secondary N) is 2. The van der Waals surface area contributed by atoms with Crippen LogP contribution in [-0.4, -0.2) is 10.9 Å². The van der Waals surface area contributed by atoms with E-state index < -0.39 is 11.7 Å². The van der Waals surface area contributed by atoms with Crippen LogP contribution in [0.2, 0.25) is 0 Å². The van der Waals surface area contributed by atoms with E-state index in [1.54, 1.807) is 12.1 Å². The first-order valence-electron chi connectivity index (χ1n) is 8.59. The molecule has 0 aliphatic rings. The van der Waals surface area contributed by atoms with Crippen molar-refractivity contribution in [3.63, 3.8) is 0 Å². The zero-order valence-corrected chi connectivity index (χ0v) is 15.0. The maximum atomic E-state index is 12.8. The largest absolute Gasteiger partial charge is 0.416 e. The number of rotatable bonds is 5. The number of carbonyl (C=O) groups is 1. The molecule has 28 heavy (non-hydrogen) atoms. The van der Waals surface area contributed by atoms with Gasteiger partial charge in [0.15, 0.2) is 0 Å². The van der Waals surface area contributed by atoms with Crippen LogP contribution in [-0.2, 0) is 6.18 Å². The standard InChI is InChI=1S/C21H18F3N3O/c1-14(15-6-3-2-4-7-15)26-20(28)16-10-11-19(25-13-16)27-18-9-5-8-17(12-18)21(22,23)24/h2-14H,1H3,(H,25,27)(H,26,28). The molecule has 7 heteroatoms. The fourth-order valence-electron chi connectivity index (χ4n) is 2.63. The van der Waals surface area contributed by atoms with Gasteiger partial charge in [0.05, 0.1) is 17.2 Å². The van der Waals surface area contributed by atoms with Gasteiger partial charge < -0.3 is 10.6 Å². The van der Waals surface area contributed by atoms with E-state index in [1.165, 1.54) is 18.3 Å². The van der Waals surface area contributed by atoms with Crippen molar-refractivity contribution in [3.05, 3.63) is 89.6 Å². The van der Waals surface area contributed by atoms with Gasteiger partial charge in [-0.1, -0.05) is 36.4 Å². The van der Waals surface area contributed by atoms with Crippen LogP contribution in [0.5, 0.6) is 0 Å². The van der Waals surface area contributed by atoms with Crippen molar-refractivity contribution < 1.29 is 18.0 Å². The monoisotopic (exact) mass is 385 g/mol. The average Bonchev–Trinajstić information content (AvgIpc) is 2.69. The van der Waals surface area contributed by atoms with Gasteiger partial charge in [0.2, 0.25) is 0 Å². The fourth-order valence-corrected chi connectivity index (χ4v) is 2.63. The maximum Gasteiger partial charge on any atom is 0.416 e. The van der Waals surface area contributed by atoms with Crippen LogP contribution in [0, 0.1) is 0 Å². The summed E-state index contributed by atoms with van der Waals surface area (Å²) >= 11 is 0. The Morgan fingerprint density at radius 1 is 1.00 bits per heavy atom. The van der Waals surface area contributed by atoms with E-state index in [9.17, 15) is 18.0 Å². The first-order valence-corrected chi connectivity index (χ1v) is 8.59. The number of benzene rings is 2. The molecule has 2 aromatic carbocycles. The number of pyridine rings is 1. The van der Waals surface area contributed by atoms with Crippen molar-refractivity contribution in [1.29, 1.82) is 0 Å². The summed E-state index contributed by atoms with van der Waals surface area (Å²) in [6, 6.07) is 17.3. The molecule has 1 amide bonds. The summed E-state index contributed by atoms with van der Waals surface area (Å²) in [5.41, 5.74) is 0.852. The molecule has 1 heterocycles. The van der Waals surface area contributed by atoms with E-state index in [0.29, 0.717) is 11.4 Å². The lowest BCUT2D eigenvalue weighted by atomic mass is 10.1. The number of aromatic nitrogens is 1. The Labute approximate surface area is 160 Å². The lowest BCUT2D eigenvalue weighted by molar-refractivity contribution is -0.137. The SMILES string of the molecule is CC(NC(=O)c1ccc(Nc2cccc(C(F)(F)F)c2)nc1)c1ccccc1. The molecule has 1 atom stereocenters. The van der Waals surface area contributed by atoms with Crippen LogP contribution >= 0.6 is 0 Å². The number of hydrogen-bond acceptors (Lipinski definition) is 3. The zero-order chi connectivity index (χ0) is 20.1. The lowest BCUT2D eigenvalue weighted by Crippen LogP contribution is -2.26. The molecular formula is C21H18F3N3O. The van der Waals surface area contributed by atoms with Crippen LogP contribution in [0.4, 0.5) is 24.7 Å². The molecule has 1 aromatic heterocycles. The van der Waals surface area contributed by atoms with Gasteiger partial charge in [-0.2, -0.15) is 13.2 Å². The van der Waals surface area contributed by atoms with Crippen LogP contribution in [0.3, 0.4) is 0 Å². The third-order valence-electron chi connectivity index (χ3n) is 4.14. The minimum absolute atomic E-state index is 0.170. The van der Waals surface area contributed by atoms with Crippen molar-refractivity contribution in [2.24, 2.45) is 0 Å². The quantitative estimate of drug-likeness (QED) is 0.624. The van der Waals surface area contributed by atoms with E-state index in [-0.39, 0.29) is 17.6 Å². The Morgan fingerprint density at radius 3 is 2.39 bits per heavy atom. The Bertz CT molecular complexity index is 941. The summed E-state index contributed by atoms with van der Waals surface area (Å²) in [4.78, 5) is 16.5. The molecule has 4 nitrogen and oxygen atoms in total. The van der Waals surface area contributed by atoms with E-state index in [4.69, 9.17) is 0 Å². The Hall–Kier alpha value is -3.35. The van der Waals surface area contributed by atoms with E-state index in [2.05, 4.69) is 15.6 Å². The number of alkyl halides is 3. The second kappa shape index (κ2) is 8.12. The Balaban J connectivity index is 1.66. The van der Waals surface area contributed by atoms with Crippen LogP contribution in [0.1, 0.15) is 34.5 Å². The predicted octanol–water partition coefficient (Wildman–Crippen LogP) is 5.34. The number of anilines is 2. The van der Waals surface area contributed by atoms with Crippen LogP contribution in [0.25, 0.3) is 0 Å². The molecule has 3 aromatic rings. The van der Waals surface area contributed by atoms with Gasteiger partial charge in [-0.25, -0.2) is 4.98 Å². The number of halogens is 3. The molecule has 2 N–H and O–H groups in total. The normalized spacial score (nSPS) is 12.3. The summed E-state index contributed by atoms with van der Waals surface area (Å²) in [5.74, 6) is 0.0569. The van der Waals surface area contributed by atoms with Crippen LogP contribution in [0.15, 0.2) is 72.9 Å². The van der Waals surface area contributed by atoms with Gasteiger partial charge in [-0.3, -0.25) is 4.79 Å². The lowest BCUT2D eigenvalue weighted by Gasteiger charge is -2.14. The summed E-state index contributed by atoms with van der Waals surface area (Å²) in [5, 5.41) is 5.69. The molecule has 0 aliphatic carbocycles. The maximum absolute atomic E-state index is 12.8. The van der Waals surface area contributed by atoms with Gasteiger partial charge in [0.25, 0.3) is 5.91 Å².